The molecule has 29 heavy (non-hydrogen) atoms. The van der Waals surface area contributed by atoms with E-state index in [1.165, 1.54) is 0 Å². The summed E-state index contributed by atoms with van der Waals surface area (Å²) in [5.41, 5.74) is 3.70. The Hall–Kier alpha value is -2.71. The molecular formula is C20H22F3N5O. The van der Waals surface area contributed by atoms with Gasteiger partial charge in [-0.1, -0.05) is 30.9 Å². The van der Waals surface area contributed by atoms with Gasteiger partial charge in [-0.2, -0.15) is 17.7 Å². The minimum Gasteiger partial charge on any atom is -0.327 e. The first-order valence-corrected chi connectivity index (χ1v) is 9.74. The highest BCUT2D eigenvalue weighted by Gasteiger charge is 2.45. The summed E-state index contributed by atoms with van der Waals surface area (Å²) in [4.78, 5) is 13.2. The van der Waals surface area contributed by atoms with Crippen LogP contribution in [0.25, 0.3) is 16.6 Å². The van der Waals surface area contributed by atoms with E-state index in [-0.39, 0.29) is 6.54 Å². The average molecular weight is 405 g/mol. The number of hydrogen-bond donors (Lipinski definition) is 0. The van der Waals surface area contributed by atoms with Crippen LogP contribution in [0.4, 0.5) is 13.2 Å². The topological polar surface area (TPSA) is 63.4 Å². The van der Waals surface area contributed by atoms with Gasteiger partial charge in [0.05, 0.1) is 12.1 Å². The van der Waals surface area contributed by atoms with Gasteiger partial charge in [0.25, 0.3) is 0 Å². The second kappa shape index (κ2) is 7.27. The molecule has 3 aromatic rings. The van der Waals surface area contributed by atoms with Crippen LogP contribution in [0.2, 0.25) is 0 Å². The molecule has 1 aromatic carbocycles. The highest BCUT2D eigenvalue weighted by atomic mass is 19.4. The van der Waals surface area contributed by atoms with E-state index in [0.717, 1.165) is 46.2 Å². The second-order valence-corrected chi connectivity index (χ2v) is 7.83. The fourth-order valence-corrected chi connectivity index (χ4v) is 4.40. The molecule has 154 valence electrons. The van der Waals surface area contributed by atoms with E-state index in [0.29, 0.717) is 24.1 Å². The van der Waals surface area contributed by atoms with E-state index in [1.54, 1.807) is 10.6 Å². The van der Waals surface area contributed by atoms with Gasteiger partial charge in [0.15, 0.2) is 5.65 Å². The van der Waals surface area contributed by atoms with E-state index >= 15 is 0 Å². The summed E-state index contributed by atoms with van der Waals surface area (Å²) in [6.07, 6.45) is -1.13. The van der Waals surface area contributed by atoms with Gasteiger partial charge in [0, 0.05) is 17.0 Å². The molecule has 0 N–H and O–H groups in total. The molecule has 6 nitrogen and oxygen atoms in total. The zero-order chi connectivity index (χ0) is 20.8. The summed E-state index contributed by atoms with van der Waals surface area (Å²) in [6.45, 7) is 3.73. The van der Waals surface area contributed by atoms with Crippen LogP contribution in [0.3, 0.4) is 0 Å². The fourth-order valence-electron chi connectivity index (χ4n) is 4.40. The van der Waals surface area contributed by atoms with Crippen molar-refractivity contribution in [1.82, 2.24) is 24.9 Å². The molecule has 9 heteroatoms. The molecule has 1 aliphatic rings. The summed E-state index contributed by atoms with van der Waals surface area (Å²) in [7, 11) is 0. The third kappa shape index (κ3) is 3.65. The highest BCUT2D eigenvalue weighted by Crippen LogP contribution is 2.31. The van der Waals surface area contributed by atoms with Crippen LogP contribution >= 0.6 is 0 Å². The maximum Gasteiger partial charge on any atom is 0.471 e. The molecular weight excluding hydrogens is 383 g/mol. The van der Waals surface area contributed by atoms with Crippen LogP contribution in [-0.2, 0) is 11.3 Å². The minimum absolute atomic E-state index is 0.171. The number of halogens is 3. The zero-order valence-corrected chi connectivity index (χ0v) is 16.3. The molecule has 0 spiro atoms. The van der Waals surface area contributed by atoms with E-state index in [2.05, 4.69) is 15.5 Å². The molecule has 0 atom stereocenters. The SMILES string of the molecule is Cc1cc(C)c2c(c1)cc(CN(C(=O)C(F)(F)F)C1CCCCC1)c1nnnn12. The number of carbonyl (C=O) groups is 1. The molecule has 1 fully saturated rings. The Bertz CT molecular complexity index is 1070. The van der Waals surface area contributed by atoms with Gasteiger partial charge in [-0.25, -0.2) is 0 Å². The lowest BCUT2D eigenvalue weighted by Gasteiger charge is -2.35. The number of alkyl halides is 3. The predicted molar refractivity (Wildman–Crippen MR) is 101 cm³/mol. The van der Waals surface area contributed by atoms with E-state index in [4.69, 9.17) is 0 Å². The second-order valence-electron chi connectivity index (χ2n) is 7.83. The van der Waals surface area contributed by atoms with Crippen molar-refractivity contribution >= 4 is 22.5 Å². The smallest absolute Gasteiger partial charge is 0.327 e. The maximum absolute atomic E-state index is 13.3. The van der Waals surface area contributed by atoms with Gasteiger partial charge >= 0.3 is 12.1 Å². The Kier molecular flexibility index (Phi) is 4.92. The number of rotatable bonds is 3. The van der Waals surface area contributed by atoms with Crippen LogP contribution in [0, 0.1) is 13.8 Å². The fraction of sp³-hybridized carbons (Fsp3) is 0.500. The quantitative estimate of drug-likeness (QED) is 0.658. The lowest BCUT2D eigenvalue weighted by Crippen LogP contribution is -2.47. The lowest BCUT2D eigenvalue weighted by molar-refractivity contribution is -0.189. The Morgan fingerprint density at radius 2 is 1.90 bits per heavy atom. The number of pyridine rings is 1. The third-order valence-corrected chi connectivity index (χ3v) is 5.63. The van der Waals surface area contributed by atoms with E-state index < -0.39 is 18.1 Å². The van der Waals surface area contributed by atoms with Crippen molar-refractivity contribution in [2.45, 2.75) is 64.7 Å². The standard InChI is InChI=1S/C20H22F3N5O/c1-12-8-13(2)17-14(9-12)10-15(18-24-25-26-28(17)18)11-27(19(29)20(21,22)23)16-6-4-3-5-7-16/h8-10,16H,3-7,11H2,1-2H3. The van der Waals surface area contributed by atoms with Gasteiger partial charge in [0.1, 0.15) is 0 Å². The molecule has 0 bridgehead atoms. The van der Waals surface area contributed by atoms with Crippen LogP contribution in [-0.4, -0.2) is 43.1 Å². The van der Waals surface area contributed by atoms with Crippen LogP contribution in [0.1, 0.15) is 48.8 Å². The van der Waals surface area contributed by atoms with Gasteiger partial charge in [-0.15, -0.1) is 5.10 Å². The lowest BCUT2D eigenvalue weighted by atomic mass is 9.93. The molecule has 0 saturated heterocycles. The Labute approximate surface area is 165 Å². The number of carbonyl (C=O) groups excluding carboxylic acids is 1. The predicted octanol–water partition coefficient (Wildman–Crippen LogP) is 4.12. The summed E-state index contributed by atoms with van der Waals surface area (Å²) < 4.78 is 41.6. The summed E-state index contributed by atoms with van der Waals surface area (Å²) in [5, 5.41) is 12.6. The number of benzene rings is 1. The largest absolute Gasteiger partial charge is 0.471 e. The normalized spacial score (nSPS) is 15.9. The minimum atomic E-state index is -4.91. The first kappa shape index (κ1) is 19.6. The van der Waals surface area contributed by atoms with Crippen molar-refractivity contribution in [3.63, 3.8) is 0 Å². The van der Waals surface area contributed by atoms with Gasteiger partial charge < -0.3 is 4.90 Å². The zero-order valence-electron chi connectivity index (χ0n) is 16.3. The van der Waals surface area contributed by atoms with E-state index in [1.807, 2.05) is 26.0 Å². The van der Waals surface area contributed by atoms with Gasteiger partial charge in [-0.3, -0.25) is 4.79 Å². The first-order chi connectivity index (χ1) is 13.8. The number of fused-ring (bicyclic) bond motifs is 3. The number of tetrazole rings is 1. The number of amides is 1. The van der Waals surface area contributed by atoms with Crippen LogP contribution < -0.4 is 0 Å². The molecule has 4 rings (SSSR count). The highest BCUT2D eigenvalue weighted by molar-refractivity contribution is 5.87. The first-order valence-electron chi connectivity index (χ1n) is 9.74. The average Bonchev–Trinajstić information content (AvgIpc) is 3.14. The summed E-state index contributed by atoms with van der Waals surface area (Å²) in [6, 6.07) is 5.33. The van der Waals surface area contributed by atoms with Crippen molar-refractivity contribution in [3.8, 4) is 0 Å². The number of aryl methyl sites for hydroxylation is 2. The number of hydrogen-bond acceptors (Lipinski definition) is 4. The van der Waals surface area contributed by atoms with Crippen molar-refractivity contribution in [3.05, 3.63) is 34.9 Å². The Morgan fingerprint density at radius 1 is 1.17 bits per heavy atom. The molecule has 2 aromatic heterocycles. The molecule has 1 amide bonds. The van der Waals surface area contributed by atoms with Gasteiger partial charge in [-0.05, 0) is 54.8 Å². The van der Waals surface area contributed by atoms with E-state index in [9.17, 15) is 18.0 Å². The number of nitrogens with zero attached hydrogens (tertiary/aromatic N) is 5. The van der Waals surface area contributed by atoms with Crippen LogP contribution in [0.15, 0.2) is 18.2 Å². The van der Waals surface area contributed by atoms with Crippen molar-refractivity contribution in [2.75, 3.05) is 0 Å². The summed E-state index contributed by atoms with van der Waals surface area (Å²) >= 11 is 0. The molecule has 0 radical (unpaired) electrons. The molecule has 2 heterocycles. The third-order valence-electron chi connectivity index (χ3n) is 5.63. The van der Waals surface area contributed by atoms with Crippen molar-refractivity contribution < 1.29 is 18.0 Å². The Morgan fingerprint density at radius 3 is 2.59 bits per heavy atom. The molecule has 1 aliphatic carbocycles. The number of aromatic nitrogens is 4. The van der Waals surface area contributed by atoms with Gasteiger partial charge in [0.2, 0.25) is 0 Å². The van der Waals surface area contributed by atoms with Crippen molar-refractivity contribution in [1.29, 1.82) is 0 Å². The Balaban J connectivity index is 1.82. The maximum atomic E-state index is 13.3. The van der Waals surface area contributed by atoms with Crippen molar-refractivity contribution in [2.24, 2.45) is 0 Å². The molecule has 0 unspecified atom stereocenters. The van der Waals surface area contributed by atoms with Crippen LogP contribution in [0.5, 0.6) is 0 Å². The molecule has 1 saturated carbocycles. The monoisotopic (exact) mass is 405 g/mol. The summed E-state index contributed by atoms with van der Waals surface area (Å²) in [5.74, 6) is -1.80. The molecule has 0 aliphatic heterocycles.